The molecule has 1 N–H and O–H groups in total. The van der Waals surface area contributed by atoms with Gasteiger partial charge in [0.2, 0.25) is 0 Å². The van der Waals surface area contributed by atoms with Gasteiger partial charge >= 0.3 is 0 Å². The van der Waals surface area contributed by atoms with Crippen molar-refractivity contribution in [3.8, 4) is 5.75 Å². The van der Waals surface area contributed by atoms with Crippen LogP contribution < -0.4 is 15.0 Å². The first-order valence-corrected chi connectivity index (χ1v) is 6.65. The molecule has 6 heteroatoms. The maximum atomic E-state index is 13.2. The molecule has 0 saturated carbocycles. The van der Waals surface area contributed by atoms with Crippen molar-refractivity contribution >= 4 is 23.2 Å². The molecule has 0 aromatic heterocycles. The summed E-state index contributed by atoms with van der Waals surface area (Å²) in [5, 5.41) is 2.61. The summed E-state index contributed by atoms with van der Waals surface area (Å²) in [6, 6.07) is 10.6. The number of carbonyl (C=O) groups excluding carboxylic acids is 2. The van der Waals surface area contributed by atoms with Gasteiger partial charge in [0, 0.05) is 12.7 Å². The number of halogens is 1. The SMILES string of the molecule is CN1C(=O)COc2c(C(=O)Nc3cccc(F)c3)cccc21. The van der Waals surface area contributed by atoms with Crippen molar-refractivity contribution in [3.63, 3.8) is 0 Å². The number of carbonyl (C=O) groups is 2. The Balaban J connectivity index is 1.92. The molecular formula is C16H13FN2O3. The maximum absolute atomic E-state index is 13.2. The second-order valence-electron chi connectivity index (χ2n) is 4.86. The number of hydrogen-bond donors (Lipinski definition) is 1. The lowest BCUT2D eigenvalue weighted by atomic mass is 10.1. The lowest BCUT2D eigenvalue weighted by molar-refractivity contribution is -0.121. The minimum atomic E-state index is -0.436. The van der Waals surface area contributed by atoms with Crippen LogP contribution in [0.25, 0.3) is 0 Å². The minimum absolute atomic E-state index is 0.117. The normalized spacial score (nSPS) is 13.4. The lowest BCUT2D eigenvalue weighted by Gasteiger charge is -2.27. The summed E-state index contributed by atoms with van der Waals surface area (Å²) < 4.78 is 18.6. The molecule has 0 saturated heterocycles. The summed E-state index contributed by atoms with van der Waals surface area (Å²) in [6.07, 6.45) is 0. The third kappa shape index (κ3) is 2.50. The molecule has 1 aliphatic heterocycles. The van der Waals surface area contributed by atoms with Gasteiger partial charge in [0.05, 0.1) is 11.3 Å². The van der Waals surface area contributed by atoms with Crippen molar-refractivity contribution in [2.24, 2.45) is 0 Å². The number of para-hydroxylation sites is 1. The monoisotopic (exact) mass is 300 g/mol. The molecule has 0 bridgehead atoms. The van der Waals surface area contributed by atoms with Crippen LogP contribution in [0.1, 0.15) is 10.4 Å². The zero-order valence-corrected chi connectivity index (χ0v) is 11.8. The number of ether oxygens (including phenoxy) is 1. The average molecular weight is 300 g/mol. The van der Waals surface area contributed by atoms with Crippen LogP contribution in [0.5, 0.6) is 5.75 Å². The molecule has 2 aromatic rings. The molecule has 0 aliphatic carbocycles. The number of anilines is 2. The highest BCUT2D eigenvalue weighted by Crippen LogP contribution is 2.34. The van der Waals surface area contributed by atoms with E-state index >= 15 is 0 Å². The number of amides is 2. The summed E-state index contributed by atoms with van der Waals surface area (Å²) >= 11 is 0. The zero-order valence-electron chi connectivity index (χ0n) is 11.8. The van der Waals surface area contributed by atoms with Crippen molar-refractivity contribution in [2.45, 2.75) is 0 Å². The number of likely N-dealkylation sites (N-methyl/N-ethyl adjacent to an activating group) is 1. The molecule has 0 unspecified atom stereocenters. The Bertz CT molecular complexity index is 761. The van der Waals surface area contributed by atoms with Crippen LogP contribution in [0, 0.1) is 5.82 Å². The van der Waals surface area contributed by atoms with Crippen molar-refractivity contribution in [3.05, 3.63) is 53.8 Å². The smallest absolute Gasteiger partial charge is 0.264 e. The Labute approximate surface area is 126 Å². The molecule has 112 valence electrons. The fraction of sp³-hybridized carbons (Fsp3) is 0.125. The van der Waals surface area contributed by atoms with E-state index in [0.717, 1.165) is 0 Å². The second kappa shape index (κ2) is 5.48. The number of nitrogens with zero attached hydrogens (tertiary/aromatic N) is 1. The van der Waals surface area contributed by atoms with Crippen molar-refractivity contribution < 1.29 is 18.7 Å². The molecule has 1 heterocycles. The molecule has 1 aliphatic rings. The second-order valence-corrected chi connectivity index (χ2v) is 4.86. The van der Waals surface area contributed by atoms with E-state index in [9.17, 15) is 14.0 Å². The molecule has 3 rings (SSSR count). The molecule has 0 radical (unpaired) electrons. The first-order valence-electron chi connectivity index (χ1n) is 6.65. The maximum Gasteiger partial charge on any atom is 0.264 e. The third-order valence-electron chi connectivity index (χ3n) is 3.40. The van der Waals surface area contributed by atoms with Gasteiger partial charge in [-0.25, -0.2) is 4.39 Å². The fourth-order valence-electron chi connectivity index (χ4n) is 2.25. The third-order valence-corrected chi connectivity index (χ3v) is 3.40. The summed E-state index contributed by atoms with van der Waals surface area (Å²) in [5.74, 6) is -0.701. The van der Waals surface area contributed by atoms with Crippen LogP contribution in [-0.2, 0) is 4.79 Å². The van der Waals surface area contributed by atoms with Crippen molar-refractivity contribution in [1.29, 1.82) is 0 Å². The Morgan fingerprint density at radius 1 is 1.27 bits per heavy atom. The van der Waals surface area contributed by atoms with Gasteiger partial charge in [-0.15, -0.1) is 0 Å². The lowest BCUT2D eigenvalue weighted by Crippen LogP contribution is -2.36. The standard InChI is InChI=1S/C16H13FN2O3/c1-19-13-7-3-6-12(15(13)22-9-14(19)20)16(21)18-11-5-2-4-10(17)8-11/h2-8H,9H2,1H3,(H,18,21). The summed E-state index contributed by atoms with van der Waals surface area (Å²) in [4.78, 5) is 25.4. The van der Waals surface area contributed by atoms with E-state index in [0.29, 0.717) is 22.7 Å². The zero-order chi connectivity index (χ0) is 15.7. The molecule has 5 nitrogen and oxygen atoms in total. The molecule has 22 heavy (non-hydrogen) atoms. The first-order chi connectivity index (χ1) is 10.6. The van der Waals surface area contributed by atoms with Crippen molar-refractivity contribution in [1.82, 2.24) is 0 Å². The topological polar surface area (TPSA) is 58.6 Å². The molecule has 0 fully saturated rings. The fourth-order valence-corrected chi connectivity index (χ4v) is 2.25. The molecular weight excluding hydrogens is 287 g/mol. The summed E-state index contributed by atoms with van der Waals surface area (Å²) in [7, 11) is 1.62. The van der Waals surface area contributed by atoms with E-state index in [4.69, 9.17) is 4.74 Å². The molecule has 0 atom stereocenters. The van der Waals surface area contributed by atoms with Crippen LogP contribution in [0.3, 0.4) is 0 Å². The van der Waals surface area contributed by atoms with E-state index in [1.54, 1.807) is 31.3 Å². The Hall–Kier alpha value is -2.89. The van der Waals surface area contributed by atoms with Crippen LogP contribution >= 0.6 is 0 Å². The van der Waals surface area contributed by atoms with Gasteiger partial charge in [0.15, 0.2) is 12.4 Å². The molecule has 0 spiro atoms. The quantitative estimate of drug-likeness (QED) is 0.926. The van der Waals surface area contributed by atoms with E-state index in [1.165, 1.54) is 23.1 Å². The number of benzene rings is 2. The van der Waals surface area contributed by atoms with Gasteiger partial charge < -0.3 is 15.0 Å². The first kappa shape index (κ1) is 14.1. The largest absolute Gasteiger partial charge is 0.481 e. The van der Waals surface area contributed by atoms with Crippen LogP contribution in [0.4, 0.5) is 15.8 Å². The Morgan fingerprint density at radius 3 is 2.82 bits per heavy atom. The molecule has 2 amide bonds. The Kier molecular flexibility index (Phi) is 3.50. The number of rotatable bonds is 2. The van der Waals surface area contributed by atoms with E-state index < -0.39 is 11.7 Å². The van der Waals surface area contributed by atoms with Gasteiger partial charge in [0.25, 0.3) is 11.8 Å². The number of nitrogens with one attached hydrogen (secondary N) is 1. The Morgan fingerprint density at radius 2 is 2.05 bits per heavy atom. The van der Waals surface area contributed by atoms with Crippen LogP contribution in [0.15, 0.2) is 42.5 Å². The summed E-state index contributed by atoms with van der Waals surface area (Å²) in [6.45, 7) is -0.117. The van der Waals surface area contributed by atoms with Crippen molar-refractivity contribution in [2.75, 3.05) is 23.9 Å². The number of hydrogen-bond acceptors (Lipinski definition) is 3. The van der Waals surface area contributed by atoms with Gasteiger partial charge in [-0.3, -0.25) is 9.59 Å². The minimum Gasteiger partial charge on any atom is -0.481 e. The highest BCUT2D eigenvalue weighted by atomic mass is 19.1. The van der Waals surface area contributed by atoms with Gasteiger partial charge in [0.1, 0.15) is 5.82 Å². The highest BCUT2D eigenvalue weighted by molar-refractivity contribution is 6.09. The predicted molar refractivity (Wildman–Crippen MR) is 79.7 cm³/mol. The average Bonchev–Trinajstić information content (AvgIpc) is 2.50. The number of fused-ring (bicyclic) bond motifs is 1. The van der Waals surface area contributed by atoms with Gasteiger partial charge in [-0.2, -0.15) is 0 Å². The van der Waals surface area contributed by atoms with E-state index in [1.807, 2.05) is 0 Å². The highest BCUT2D eigenvalue weighted by Gasteiger charge is 2.26. The molecule has 2 aromatic carbocycles. The summed E-state index contributed by atoms with van der Waals surface area (Å²) in [5.41, 5.74) is 1.17. The van der Waals surface area contributed by atoms with Crippen LogP contribution in [0.2, 0.25) is 0 Å². The van der Waals surface area contributed by atoms with E-state index in [2.05, 4.69) is 5.32 Å². The van der Waals surface area contributed by atoms with Gasteiger partial charge in [-0.05, 0) is 30.3 Å². The van der Waals surface area contributed by atoms with Gasteiger partial charge in [-0.1, -0.05) is 12.1 Å². The predicted octanol–water partition coefficient (Wildman–Crippen LogP) is 2.43. The van der Waals surface area contributed by atoms with Crippen LogP contribution in [-0.4, -0.2) is 25.5 Å². The van der Waals surface area contributed by atoms with E-state index in [-0.39, 0.29) is 12.5 Å².